The van der Waals surface area contributed by atoms with Gasteiger partial charge in [0.05, 0.1) is 0 Å². The van der Waals surface area contributed by atoms with Crippen LogP contribution in [0.25, 0.3) is 0 Å². The third-order valence-electron chi connectivity index (χ3n) is 1.88. The Hall–Kier alpha value is -0.350. The predicted molar refractivity (Wildman–Crippen MR) is 52.9 cm³/mol. The number of nitrogens with two attached hydrogens (primary N) is 1. The van der Waals surface area contributed by atoms with Crippen molar-refractivity contribution in [3.8, 4) is 0 Å². The van der Waals surface area contributed by atoms with E-state index in [1.807, 2.05) is 6.92 Å². The van der Waals surface area contributed by atoms with E-state index in [1.54, 1.807) is 0 Å². The van der Waals surface area contributed by atoms with Crippen LogP contribution in [-0.4, -0.2) is 22.8 Å². The van der Waals surface area contributed by atoms with Crippen molar-refractivity contribution < 1.29 is 18.8 Å². The van der Waals surface area contributed by atoms with E-state index < -0.39 is 20.4 Å². The first kappa shape index (κ1) is 13.7. The quantitative estimate of drug-likeness (QED) is 0.630. The summed E-state index contributed by atoms with van der Waals surface area (Å²) in [7, 11) is -2.77. The zero-order chi connectivity index (χ0) is 11.1. The highest BCUT2D eigenvalue weighted by Crippen LogP contribution is 2.21. The maximum atomic E-state index is 11.0. The first-order valence-electron chi connectivity index (χ1n) is 4.58. The fourth-order valence-electron chi connectivity index (χ4n) is 1.14. The first-order valence-corrected chi connectivity index (χ1v) is 5.71. The Morgan fingerprint density at radius 2 is 2.21 bits per heavy atom. The number of unbranched alkanes of at least 4 members (excludes halogenated alkanes) is 1. The lowest BCUT2D eigenvalue weighted by atomic mass is 10.0. The van der Waals surface area contributed by atoms with E-state index in [0.717, 1.165) is 12.8 Å². The molecule has 0 rings (SSSR count). The molecule has 3 atom stereocenters. The van der Waals surface area contributed by atoms with Gasteiger partial charge in [-0.05, 0) is 13.3 Å². The number of carbonyl (C=O) groups excluding carboxylic acids is 1. The molecule has 0 aliphatic heterocycles. The van der Waals surface area contributed by atoms with Crippen LogP contribution >= 0.6 is 8.25 Å². The molecular formula is C8H17NO4P+. The van der Waals surface area contributed by atoms with Crippen LogP contribution in [0.1, 0.15) is 33.1 Å². The standard InChI is InChI=1S/C8H16NO4P/c1-3-4-5-7(9)8(6(2)10)13-14(11)12/h7-8H,3-5,9H2,1-2H3/p+1. The highest BCUT2D eigenvalue weighted by Gasteiger charge is 2.32. The summed E-state index contributed by atoms with van der Waals surface area (Å²) in [5.74, 6) is -0.314. The van der Waals surface area contributed by atoms with Crippen LogP contribution in [-0.2, 0) is 13.9 Å². The van der Waals surface area contributed by atoms with Gasteiger partial charge in [-0.25, -0.2) is 0 Å². The number of rotatable bonds is 7. The monoisotopic (exact) mass is 222 g/mol. The Kier molecular flexibility index (Phi) is 6.83. The van der Waals surface area contributed by atoms with Gasteiger partial charge < -0.3 is 5.73 Å². The second-order valence-corrected chi connectivity index (χ2v) is 3.87. The Balaban J connectivity index is 4.18. The van der Waals surface area contributed by atoms with E-state index in [2.05, 4.69) is 4.52 Å². The van der Waals surface area contributed by atoms with Gasteiger partial charge in [0.2, 0.25) is 0 Å². The number of hydrogen-bond donors (Lipinski definition) is 2. The molecule has 0 aliphatic carbocycles. The van der Waals surface area contributed by atoms with Gasteiger partial charge in [0.15, 0.2) is 11.9 Å². The molecule has 0 amide bonds. The lowest BCUT2D eigenvalue weighted by Gasteiger charge is -2.15. The summed E-state index contributed by atoms with van der Waals surface area (Å²) in [6.07, 6.45) is 1.49. The van der Waals surface area contributed by atoms with Crippen LogP contribution in [0.3, 0.4) is 0 Å². The average Bonchev–Trinajstić information content (AvgIpc) is 2.09. The molecule has 0 heterocycles. The Bertz CT molecular complexity index is 210. The van der Waals surface area contributed by atoms with E-state index in [9.17, 15) is 9.36 Å². The molecule has 0 aromatic heterocycles. The van der Waals surface area contributed by atoms with Gasteiger partial charge in [0, 0.05) is 10.6 Å². The number of Topliss-reactive ketones (excluding diaryl/α,β-unsaturated/α-hetero) is 1. The van der Waals surface area contributed by atoms with Crippen molar-refractivity contribution in [2.75, 3.05) is 0 Å². The van der Waals surface area contributed by atoms with E-state index in [1.165, 1.54) is 6.92 Å². The smallest absolute Gasteiger partial charge is 0.325 e. The van der Waals surface area contributed by atoms with Crippen molar-refractivity contribution >= 4 is 14.0 Å². The van der Waals surface area contributed by atoms with Crippen LogP contribution in [0, 0.1) is 0 Å². The highest BCUT2D eigenvalue weighted by atomic mass is 31.1. The number of hydrogen-bond acceptors (Lipinski definition) is 4. The molecular weight excluding hydrogens is 205 g/mol. The molecule has 0 aromatic carbocycles. The fourth-order valence-corrected chi connectivity index (χ4v) is 1.64. The maximum absolute atomic E-state index is 11.0. The lowest BCUT2D eigenvalue weighted by Crippen LogP contribution is -2.40. The second kappa shape index (κ2) is 7.01. The van der Waals surface area contributed by atoms with Gasteiger partial charge in [-0.15, -0.1) is 9.42 Å². The molecule has 3 N–H and O–H groups in total. The Labute approximate surface area is 84.6 Å². The maximum Gasteiger partial charge on any atom is 0.695 e. The summed E-state index contributed by atoms with van der Waals surface area (Å²) in [5.41, 5.74) is 5.67. The van der Waals surface area contributed by atoms with Crippen LogP contribution in [0.4, 0.5) is 0 Å². The van der Waals surface area contributed by atoms with Crippen molar-refractivity contribution in [3.63, 3.8) is 0 Å². The normalized spacial score (nSPS) is 16.1. The molecule has 0 fully saturated rings. The van der Waals surface area contributed by atoms with Gasteiger partial charge in [-0.2, -0.15) is 0 Å². The zero-order valence-electron chi connectivity index (χ0n) is 8.47. The summed E-state index contributed by atoms with van der Waals surface area (Å²) in [6.45, 7) is 3.30. The third kappa shape index (κ3) is 5.40. The summed E-state index contributed by atoms with van der Waals surface area (Å²) in [5, 5.41) is 0. The van der Waals surface area contributed by atoms with E-state index in [0.29, 0.717) is 6.42 Å². The van der Waals surface area contributed by atoms with E-state index in [4.69, 9.17) is 10.6 Å². The molecule has 0 aliphatic rings. The average molecular weight is 222 g/mol. The lowest BCUT2D eigenvalue weighted by molar-refractivity contribution is -0.124. The largest absolute Gasteiger partial charge is 0.695 e. The molecule has 0 bridgehead atoms. The van der Waals surface area contributed by atoms with Crippen molar-refractivity contribution in [1.29, 1.82) is 0 Å². The minimum atomic E-state index is -2.77. The molecule has 82 valence electrons. The molecule has 5 nitrogen and oxygen atoms in total. The second-order valence-electron chi connectivity index (χ2n) is 3.18. The molecule has 0 aromatic rings. The minimum absolute atomic E-state index is 0.314. The van der Waals surface area contributed by atoms with Gasteiger partial charge in [0.1, 0.15) is 0 Å². The SMILES string of the molecule is CCCCC(N)C(O[P+](=O)O)C(C)=O. The number of ketones is 1. The minimum Gasteiger partial charge on any atom is -0.325 e. The van der Waals surface area contributed by atoms with Gasteiger partial charge >= 0.3 is 8.25 Å². The van der Waals surface area contributed by atoms with Gasteiger partial charge in [-0.3, -0.25) is 4.79 Å². The predicted octanol–water partition coefficient (Wildman–Crippen LogP) is 1.13. The Morgan fingerprint density at radius 1 is 1.64 bits per heavy atom. The van der Waals surface area contributed by atoms with Crippen LogP contribution < -0.4 is 5.73 Å². The molecule has 14 heavy (non-hydrogen) atoms. The van der Waals surface area contributed by atoms with Crippen molar-refractivity contribution in [2.24, 2.45) is 5.73 Å². The van der Waals surface area contributed by atoms with E-state index >= 15 is 0 Å². The van der Waals surface area contributed by atoms with Crippen molar-refractivity contribution in [3.05, 3.63) is 0 Å². The molecule has 0 saturated carbocycles. The van der Waals surface area contributed by atoms with Gasteiger partial charge in [0.25, 0.3) is 0 Å². The Morgan fingerprint density at radius 3 is 2.57 bits per heavy atom. The summed E-state index contributed by atoms with van der Waals surface area (Å²) < 4.78 is 15.0. The highest BCUT2D eigenvalue weighted by molar-refractivity contribution is 7.32. The third-order valence-corrected chi connectivity index (χ3v) is 2.29. The summed E-state index contributed by atoms with van der Waals surface area (Å²) >= 11 is 0. The molecule has 0 saturated heterocycles. The topological polar surface area (TPSA) is 89.6 Å². The van der Waals surface area contributed by atoms with Crippen molar-refractivity contribution in [1.82, 2.24) is 0 Å². The van der Waals surface area contributed by atoms with Crippen LogP contribution in [0.2, 0.25) is 0 Å². The molecule has 0 spiro atoms. The van der Waals surface area contributed by atoms with Gasteiger partial charge in [-0.1, -0.05) is 19.8 Å². The molecule has 0 radical (unpaired) electrons. The van der Waals surface area contributed by atoms with Crippen LogP contribution in [0.5, 0.6) is 0 Å². The molecule has 6 heteroatoms. The first-order chi connectivity index (χ1) is 6.49. The summed E-state index contributed by atoms with van der Waals surface area (Å²) in [4.78, 5) is 19.6. The molecule has 3 unspecified atom stereocenters. The number of carbonyl (C=O) groups is 1. The van der Waals surface area contributed by atoms with Crippen molar-refractivity contribution in [2.45, 2.75) is 45.3 Å². The van der Waals surface area contributed by atoms with Crippen LogP contribution in [0.15, 0.2) is 0 Å². The summed E-state index contributed by atoms with van der Waals surface area (Å²) in [6, 6.07) is -0.501. The zero-order valence-corrected chi connectivity index (χ0v) is 9.37. The fraction of sp³-hybridized carbons (Fsp3) is 0.875. The van der Waals surface area contributed by atoms with E-state index in [-0.39, 0.29) is 5.78 Å².